The second-order valence-corrected chi connectivity index (χ2v) is 11.1. The quantitative estimate of drug-likeness (QED) is 0.375. The Labute approximate surface area is 230 Å². The Morgan fingerprint density at radius 1 is 1.00 bits per heavy atom. The fraction of sp³-hybridized carbons (Fsp3) is 0.333. The van der Waals surface area contributed by atoms with Gasteiger partial charge in [-0.25, -0.2) is 14.3 Å². The number of hydrogen-bond acceptors (Lipinski definition) is 8. The molecule has 6 rings (SSSR count). The van der Waals surface area contributed by atoms with E-state index in [0.29, 0.717) is 16.7 Å². The second kappa shape index (κ2) is 9.72. The van der Waals surface area contributed by atoms with Crippen LogP contribution in [0.5, 0.6) is 0 Å². The molecule has 3 N–H and O–H groups in total. The molecule has 9 nitrogen and oxygen atoms in total. The standard InChI is InChI=1S/C27H28Cl2N8O/c1-35-13-11-27(15-35)10-3-12-36(16-27)18-8-6-17(7-9-18)32-25-31-14-19-23(30)37(26(38)34-24(19)33-25)22-20(28)4-2-5-21(22)29/h2,4-9,14H,3,10-13,15-16,30H2,1H3,(H,32,33,34,38). The van der Waals surface area contributed by atoms with Crippen molar-refractivity contribution in [2.75, 3.05) is 49.2 Å². The van der Waals surface area contributed by atoms with Crippen molar-refractivity contribution < 1.29 is 0 Å². The predicted octanol–water partition coefficient (Wildman–Crippen LogP) is 4.73. The van der Waals surface area contributed by atoms with E-state index in [1.807, 2.05) is 12.1 Å². The van der Waals surface area contributed by atoms with E-state index in [1.54, 1.807) is 18.2 Å². The highest BCUT2D eigenvalue weighted by Crippen LogP contribution is 2.40. The van der Waals surface area contributed by atoms with Crippen LogP contribution in [0.1, 0.15) is 19.3 Å². The molecule has 0 saturated carbocycles. The van der Waals surface area contributed by atoms with E-state index in [2.05, 4.69) is 49.2 Å². The molecule has 2 aliphatic rings. The Hall–Kier alpha value is -3.40. The van der Waals surface area contributed by atoms with Crippen molar-refractivity contribution >= 4 is 57.4 Å². The Morgan fingerprint density at radius 3 is 2.47 bits per heavy atom. The number of anilines is 4. The number of piperidine rings is 1. The lowest BCUT2D eigenvalue weighted by Crippen LogP contribution is -2.44. The number of nitrogen functional groups attached to an aromatic ring is 1. The van der Waals surface area contributed by atoms with Gasteiger partial charge in [-0.2, -0.15) is 9.97 Å². The molecule has 2 fully saturated rings. The van der Waals surface area contributed by atoms with Crippen LogP contribution in [0.25, 0.3) is 16.7 Å². The average Bonchev–Trinajstić information content (AvgIpc) is 3.25. The molecule has 1 atom stereocenters. The average molecular weight is 551 g/mol. The normalized spacial score (nSPS) is 19.9. The highest BCUT2D eigenvalue weighted by molar-refractivity contribution is 6.37. The maximum Gasteiger partial charge on any atom is 0.355 e. The van der Waals surface area contributed by atoms with Crippen molar-refractivity contribution in [3.05, 3.63) is 69.2 Å². The number of nitrogens with zero attached hydrogens (tertiary/aromatic N) is 6. The van der Waals surface area contributed by atoms with Crippen molar-refractivity contribution in [1.82, 2.24) is 24.4 Å². The van der Waals surface area contributed by atoms with Crippen LogP contribution in [0.3, 0.4) is 0 Å². The Balaban J connectivity index is 1.23. The van der Waals surface area contributed by atoms with Crippen LogP contribution in [-0.4, -0.2) is 57.6 Å². The molecule has 2 aromatic heterocycles. The molecule has 1 unspecified atom stereocenters. The first kappa shape index (κ1) is 24.9. The molecule has 0 radical (unpaired) electrons. The molecule has 4 heterocycles. The maximum absolute atomic E-state index is 12.9. The summed E-state index contributed by atoms with van der Waals surface area (Å²) in [5.41, 5.74) is 8.62. The van der Waals surface area contributed by atoms with Gasteiger partial charge in [0.1, 0.15) is 5.82 Å². The minimum absolute atomic E-state index is 0.110. The van der Waals surface area contributed by atoms with Gasteiger partial charge in [0.05, 0.1) is 21.1 Å². The van der Waals surface area contributed by atoms with E-state index in [0.717, 1.165) is 18.8 Å². The molecule has 2 aromatic carbocycles. The number of rotatable bonds is 4. The van der Waals surface area contributed by atoms with Gasteiger partial charge < -0.3 is 20.9 Å². The van der Waals surface area contributed by atoms with Crippen LogP contribution in [-0.2, 0) is 0 Å². The fourth-order valence-electron chi connectivity index (χ4n) is 5.79. The highest BCUT2D eigenvalue weighted by Gasteiger charge is 2.40. The zero-order valence-corrected chi connectivity index (χ0v) is 22.5. The molecule has 4 aromatic rings. The van der Waals surface area contributed by atoms with Crippen LogP contribution >= 0.6 is 23.2 Å². The van der Waals surface area contributed by atoms with Gasteiger partial charge in [-0.05, 0) is 69.3 Å². The molecule has 0 aliphatic carbocycles. The summed E-state index contributed by atoms with van der Waals surface area (Å²) in [4.78, 5) is 30.8. The first-order valence-electron chi connectivity index (χ1n) is 12.6. The summed E-state index contributed by atoms with van der Waals surface area (Å²) < 4.78 is 1.18. The van der Waals surface area contributed by atoms with Gasteiger partial charge in [0.15, 0.2) is 5.65 Å². The predicted molar refractivity (Wildman–Crippen MR) is 153 cm³/mol. The van der Waals surface area contributed by atoms with Gasteiger partial charge in [0.25, 0.3) is 0 Å². The summed E-state index contributed by atoms with van der Waals surface area (Å²) in [6.07, 6.45) is 5.34. The Bertz CT molecular complexity index is 1550. The summed E-state index contributed by atoms with van der Waals surface area (Å²) in [5, 5.41) is 4.19. The number of benzene rings is 2. The number of nitrogens with two attached hydrogens (primary N) is 1. The van der Waals surface area contributed by atoms with Gasteiger partial charge in [-0.15, -0.1) is 0 Å². The van der Waals surface area contributed by atoms with E-state index in [1.165, 1.54) is 48.8 Å². The van der Waals surface area contributed by atoms with E-state index in [-0.39, 0.29) is 27.2 Å². The van der Waals surface area contributed by atoms with Crippen LogP contribution in [0.15, 0.2) is 53.5 Å². The first-order chi connectivity index (χ1) is 18.3. The molecule has 0 bridgehead atoms. The van der Waals surface area contributed by atoms with E-state index in [9.17, 15) is 4.79 Å². The number of hydrogen-bond donors (Lipinski definition) is 2. The fourth-order valence-corrected chi connectivity index (χ4v) is 6.35. The molecule has 2 aliphatic heterocycles. The summed E-state index contributed by atoms with van der Waals surface area (Å²) in [7, 11) is 2.22. The lowest BCUT2D eigenvalue weighted by Gasteiger charge is -2.41. The number of fused-ring (bicyclic) bond motifs is 1. The highest BCUT2D eigenvalue weighted by atomic mass is 35.5. The first-order valence-corrected chi connectivity index (χ1v) is 13.4. The van der Waals surface area contributed by atoms with Crippen LogP contribution in [0.2, 0.25) is 10.0 Å². The molecule has 196 valence electrons. The zero-order valence-electron chi connectivity index (χ0n) is 21.0. The second-order valence-electron chi connectivity index (χ2n) is 10.3. The SMILES string of the molecule is CN1CCC2(CCCN(c3ccc(Nc4ncc5c(N)n(-c6c(Cl)cccc6Cl)c(=O)nc5n4)cc3)C2)C1. The molecular weight excluding hydrogens is 523 g/mol. The zero-order chi connectivity index (χ0) is 26.4. The van der Waals surface area contributed by atoms with Gasteiger partial charge in [0.2, 0.25) is 5.95 Å². The number of halogens is 2. The third-order valence-corrected chi connectivity index (χ3v) is 8.23. The number of aromatic nitrogens is 4. The van der Waals surface area contributed by atoms with E-state index < -0.39 is 5.69 Å². The van der Waals surface area contributed by atoms with E-state index >= 15 is 0 Å². The number of nitrogens with one attached hydrogen (secondary N) is 1. The third-order valence-electron chi connectivity index (χ3n) is 7.62. The van der Waals surface area contributed by atoms with Crippen LogP contribution in [0, 0.1) is 5.41 Å². The topological polar surface area (TPSA) is 105 Å². The summed E-state index contributed by atoms with van der Waals surface area (Å²) in [6, 6.07) is 13.2. The lowest BCUT2D eigenvalue weighted by molar-refractivity contribution is 0.234. The Kier molecular flexibility index (Phi) is 6.37. The van der Waals surface area contributed by atoms with Crippen molar-refractivity contribution in [3.63, 3.8) is 0 Å². The minimum atomic E-state index is -0.633. The summed E-state index contributed by atoms with van der Waals surface area (Å²) in [5.74, 6) is 0.426. The minimum Gasteiger partial charge on any atom is -0.384 e. The monoisotopic (exact) mass is 550 g/mol. The molecular formula is C27H28Cl2N8O. The van der Waals surface area contributed by atoms with Gasteiger partial charge >= 0.3 is 5.69 Å². The van der Waals surface area contributed by atoms with Crippen molar-refractivity contribution in [2.45, 2.75) is 19.3 Å². The van der Waals surface area contributed by atoms with Gasteiger partial charge in [-0.1, -0.05) is 29.3 Å². The lowest BCUT2D eigenvalue weighted by atomic mass is 9.79. The van der Waals surface area contributed by atoms with Gasteiger partial charge in [-0.3, -0.25) is 0 Å². The smallest absolute Gasteiger partial charge is 0.355 e. The number of likely N-dealkylation sites (tertiary alicyclic amines) is 1. The maximum atomic E-state index is 12.9. The summed E-state index contributed by atoms with van der Waals surface area (Å²) >= 11 is 12.6. The largest absolute Gasteiger partial charge is 0.384 e. The molecule has 38 heavy (non-hydrogen) atoms. The van der Waals surface area contributed by atoms with Crippen molar-refractivity contribution in [3.8, 4) is 5.69 Å². The van der Waals surface area contributed by atoms with Crippen LogP contribution in [0.4, 0.5) is 23.1 Å². The number of para-hydroxylation sites is 1. The summed E-state index contributed by atoms with van der Waals surface area (Å²) in [6.45, 7) is 4.54. The third kappa shape index (κ3) is 4.55. The van der Waals surface area contributed by atoms with Crippen molar-refractivity contribution in [1.29, 1.82) is 0 Å². The molecule has 11 heteroatoms. The molecule has 2 saturated heterocycles. The molecule has 1 spiro atoms. The van der Waals surface area contributed by atoms with E-state index in [4.69, 9.17) is 28.9 Å². The van der Waals surface area contributed by atoms with Crippen molar-refractivity contribution in [2.24, 2.45) is 5.41 Å². The van der Waals surface area contributed by atoms with Crippen LogP contribution < -0.4 is 21.6 Å². The molecule has 0 amide bonds. The Morgan fingerprint density at radius 2 is 1.76 bits per heavy atom. The van der Waals surface area contributed by atoms with Gasteiger partial charge in [0, 0.05) is 42.6 Å².